The predicted octanol–water partition coefficient (Wildman–Crippen LogP) is 9.91. The van der Waals surface area contributed by atoms with Crippen LogP contribution in [0.1, 0.15) is 128 Å². The molecule has 2 atom stereocenters. The SMILES string of the molecule is CCCCCC(/C=C/C1=C(C/C=C\CCCC(=O)O[Si](C)(C(C)(C)C)C(C)(C)C)C(=O)OC1(C)O)O[Si](C)(C)C(C)(C)C. The minimum Gasteiger partial charge on any atom is -0.518 e. The van der Waals surface area contributed by atoms with Gasteiger partial charge in [0.2, 0.25) is 5.79 Å². The van der Waals surface area contributed by atoms with Crippen LogP contribution in [-0.4, -0.2) is 45.6 Å². The van der Waals surface area contributed by atoms with E-state index in [-0.39, 0.29) is 27.2 Å². The lowest BCUT2D eigenvalue weighted by atomic mass is 9.99. The van der Waals surface area contributed by atoms with E-state index in [1.54, 1.807) is 0 Å². The summed E-state index contributed by atoms with van der Waals surface area (Å²) in [4.78, 5) is 25.5. The van der Waals surface area contributed by atoms with Gasteiger partial charge in [-0.05, 0) is 60.4 Å². The summed E-state index contributed by atoms with van der Waals surface area (Å²) in [6.07, 6.45) is 13.9. The highest BCUT2D eigenvalue weighted by atomic mass is 28.4. The van der Waals surface area contributed by atoms with Gasteiger partial charge in [0.05, 0.1) is 11.7 Å². The van der Waals surface area contributed by atoms with Crippen molar-refractivity contribution >= 4 is 28.6 Å². The molecule has 0 fully saturated rings. The van der Waals surface area contributed by atoms with Crippen molar-refractivity contribution in [2.75, 3.05) is 0 Å². The van der Waals surface area contributed by atoms with Crippen LogP contribution in [0.25, 0.3) is 0 Å². The first kappa shape index (κ1) is 39.5. The summed E-state index contributed by atoms with van der Waals surface area (Å²) in [6, 6.07) is 0. The topological polar surface area (TPSA) is 82.1 Å². The number of hydrogen-bond donors (Lipinski definition) is 1. The Kier molecular flexibility index (Phi) is 14.0. The van der Waals surface area contributed by atoms with Crippen LogP contribution in [0, 0.1) is 0 Å². The second kappa shape index (κ2) is 15.2. The molecule has 0 amide bonds. The van der Waals surface area contributed by atoms with Gasteiger partial charge >= 0.3 is 5.97 Å². The highest BCUT2D eigenvalue weighted by molar-refractivity contribution is 6.79. The van der Waals surface area contributed by atoms with Crippen molar-refractivity contribution < 1.29 is 28.3 Å². The Morgan fingerprint density at radius 3 is 2.05 bits per heavy atom. The first-order chi connectivity index (χ1) is 19.4. The van der Waals surface area contributed by atoms with E-state index in [0.29, 0.717) is 36.8 Å². The van der Waals surface area contributed by atoms with Gasteiger partial charge in [-0.1, -0.05) is 113 Å². The summed E-state index contributed by atoms with van der Waals surface area (Å²) in [7, 11) is -4.36. The average Bonchev–Trinajstić information content (AvgIpc) is 3.03. The average molecular weight is 637 g/mol. The summed E-state index contributed by atoms with van der Waals surface area (Å²) < 4.78 is 18.3. The third kappa shape index (κ3) is 11.1. The van der Waals surface area contributed by atoms with Gasteiger partial charge in [0.1, 0.15) is 0 Å². The molecule has 0 bridgehead atoms. The van der Waals surface area contributed by atoms with E-state index >= 15 is 0 Å². The third-order valence-electron chi connectivity index (χ3n) is 9.61. The summed E-state index contributed by atoms with van der Waals surface area (Å²) in [5, 5.41) is 10.9. The van der Waals surface area contributed by atoms with Crippen molar-refractivity contribution in [3.05, 3.63) is 35.5 Å². The molecule has 1 N–H and O–H groups in total. The fourth-order valence-corrected chi connectivity index (χ4v) is 9.80. The normalized spacial score (nSPS) is 19.9. The van der Waals surface area contributed by atoms with Crippen LogP contribution in [0.2, 0.25) is 34.8 Å². The molecule has 0 aromatic carbocycles. The predicted molar refractivity (Wildman–Crippen MR) is 184 cm³/mol. The molecule has 2 unspecified atom stereocenters. The first-order valence-corrected chi connectivity index (χ1v) is 21.6. The second-order valence-corrected chi connectivity index (χ2v) is 26.1. The monoisotopic (exact) mass is 636 g/mol. The molecule has 0 saturated carbocycles. The number of hydrogen-bond acceptors (Lipinski definition) is 6. The van der Waals surface area contributed by atoms with Crippen LogP contribution in [0.15, 0.2) is 35.5 Å². The van der Waals surface area contributed by atoms with Gasteiger partial charge in [-0.15, -0.1) is 0 Å². The lowest BCUT2D eigenvalue weighted by Crippen LogP contribution is -2.53. The molecule has 0 saturated heterocycles. The Balaban J connectivity index is 2.96. The fourth-order valence-electron chi connectivity index (χ4n) is 5.08. The molecule has 8 heteroatoms. The van der Waals surface area contributed by atoms with Gasteiger partial charge in [0, 0.05) is 18.9 Å². The number of rotatable bonds is 15. The van der Waals surface area contributed by atoms with Crippen molar-refractivity contribution in [1.82, 2.24) is 0 Å². The summed E-state index contributed by atoms with van der Waals surface area (Å²) in [5.74, 6) is -2.31. The standard InChI is InChI=1S/C35H64O6Si2/c1-15-16-19-22-27(40-42(12,13)32(2,3)4)25-26-29-28(31(37)39-35(29,11)38)23-20-17-18-21-24-30(36)41-43(14,33(5,6)7)34(8,9)10/h17,20,25-27,38H,15-16,18-19,21-24H2,1-14H3/b20-17-,26-25+. The molecule has 1 aliphatic rings. The van der Waals surface area contributed by atoms with E-state index in [1.165, 1.54) is 6.92 Å². The van der Waals surface area contributed by atoms with Crippen LogP contribution < -0.4 is 0 Å². The maximum absolute atomic E-state index is 12.8. The van der Waals surface area contributed by atoms with Crippen LogP contribution in [0.3, 0.4) is 0 Å². The molecule has 0 spiro atoms. The van der Waals surface area contributed by atoms with Gasteiger partial charge in [0.15, 0.2) is 8.32 Å². The van der Waals surface area contributed by atoms with E-state index in [1.807, 2.05) is 24.3 Å². The number of unbranched alkanes of at least 4 members (excludes halogenated alkanes) is 3. The maximum Gasteiger partial charge on any atom is 0.337 e. The zero-order chi connectivity index (χ0) is 33.5. The Labute approximate surface area is 266 Å². The third-order valence-corrected chi connectivity index (χ3v) is 20.5. The highest BCUT2D eigenvalue weighted by Gasteiger charge is 2.53. The van der Waals surface area contributed by atoms with Crippen molar-refractivity contribution in [3.8, 4) is 0 Å². The van der Waals surface area contributed by atoms with E-state index < -0.39 is 28.4 Å². The minimum atomic E-state index is -2.35. The number of carbonyl (C=O) groups is 2. The minimum absolute atomic E-state index is 0.0653. The van der Waals surface area contributed by atoms with Crippen molar-refractivity contribution in [3.63, 3.8) is 0 Å². The summed E-state index contributed by atoms with van der Waals surface area (Å²) in [5.41, 5.74) is 0.937. The molecule has 248 valence electrons. The van der Waals surface area contributed by atoms with Crippen molar-refractivity contribution in [1.29, 1.82) is 0 Å². The van der Waals surface area contributed by atoms with E-state index in [0.717, 1.165) is 25.7 Å². The lowest BCUT2D eigenvalue weighted by molar-refractivity contribution is -0.174. The van der Waals surface area contributed by atoms with Gasteiger partial charge in [0.25, 0.3) is 14.3 Å². The van der Waals surface area contributed by atoms with Crippen LogP contribution >= 0.6 is 0 Å². The van der Waals surface area contributed by atoms with Crippen LogP contribution in [-0.2, 0) is 23.2 Å². The Hall–Kier alpha value is -1.49. The zero-order valence-electron chi connectivity index (χ0n) is 30.0. The van der Waals surface area contributed by atoms with Crippen molar-refractivity contribution in [2.45, 2.75) is 174 Å². The molecule has 1 heterocycles. The highest BCUT2D eigenvalue weighted by Crippen LogP contribution is 2.51. The number of carbonyl (C=O) groups excluding carboxylic acids is 2. The van der Waals surface area contributed by atoms with E-state index in [4.69, 9.17) is 13.6 Å². The Morgan fingerprint density at radius 1 is 0.953 bits per heavy atom. The molecular weight excluding hydrogens is 573 g/mol. The molecule has 6 nitrogen and oxygen atoms in total. The zero-order valence-corrected chi connectivity index (χ0v) is 32.0. The Bertz CT molecular complexity index is 1020. The van der Waals surface area contributed by atoms with Gasteiger partial charge in [-0.25, -0.2) is 4.79 Å². The van der Waals surface area contributed by atoms with Crippen molar-refractivity contribution in [2.24, 2.45) is 0 Å². The first-order valence-electron chi connectivity index (χ1n) is 16.3. The number of cyclic esters (lactones) is 1. The molecule has 0 aromatic heterocycles. The number of esters is 1. The van der Waals surface area contributed by atoms with Crippen LogP contribution in [0.4, 0.5) is 0 Å². The van der Waals surface area contributed by atoms with Gasteiger partial charge in [-0.2, -0.15) is 0 Å². The molecule has 0 aliphatic carbocycles. The molecule has 0 radical (unpaired) electrons. The molecular formula is C35H64O6Si2. The lowest BCUT2D eigenvalue weighted by Gasteiger charge is -2.47. The quantitative estimate of drug-likeness (QED) is 0.0834. The number of allylic oxidation sites excluding steroid dienone is 2. The molecule has 43 heavy (non-hydrogen) atoms. The second-order valence-electron chi connectivity index (χ2n) is 16.1. The van der Waals surface area contributed by atoms with E-state index in [9.17, 15) is 14.7 Å². The number of ether oxygens (including phenoxy) is 1. The molecule has 1 rings (SSSR count). The molecule has 0 aromatic rings. The number of aliphatic hydroxyl groups is 1. The fraction of sp³-hybridized carbons (Fsp3) is 0.771. The Morgan fingerprint density at radius 2 is 1.53 bits per heavy atom. The maximum atomic E-state index is 12.8. The van der Waals surface area contributed by atoms with Gasteiger partial charge in [-0.3, -0.25) is 4.79 Å². The summed E-state index contributed by atoms with van der Waals surface area (Å²) in [6.45, 7) is 30.0. The van der Waals surface area contributed by atoms with Crippen LogP contribution in [0.5, 0.6) is 0 Å². The molecule has 1 aliphatic heterocycles. The largest absolute Gasteiger partial charge is 0.518 e. The smallest absolute Gasteiger partial charge is 0.337 e. The van der Waals surface area contributed by atoms with E-state index in [2.05, 4.69) is 88.9 Å². The summed E-state index contributed by atoms with van der Waals surface area (Å²) >= 11 is 0. The van der Waals surface area contributed by atoms with Gasteiger partial charge < -0.3 is 18.7 Å².